The Kier molecular flexibility index (Phi) is 3.41. The van der Waals surface area contributed by atoms with E-state index in [-0.39, 0.29) is 24.7 Å². The third-order valence-electron chi connectivity index (χ3n) is 4.22. The Hall–Kier alpha value is -2.71. The molecule has 0 amide bonds. The molecule has 0 N–H and O–H groups in total. The molecule has 130 valence electrons. The van der Waals surface area contributed by atoms with Gasteiger partial charge in [0.25, 0.3) is 0 Å². The maximum absolute atomic E-state index is 13.7. The minimum Gasteiger partial charge on any atom is -0.362 e. The molecule has 3 heterocycles. The van der Waals surface area contributed by atoms with E-state index in [9.17, 15) is 17.6 Å². The van der Waals surface area contributed by atoms with Crippen LogP contribution in [0.15, 0.2) is 24.3 Å². The van der Waals surface area contributed by atoms with Gasteiger partial charge in [0, 0.05) is 29.9 Å². The van der Waals surface area contributed by atoms with Gasteiger partial charge in [-0.05, 0) is 31.2 Å². The first-order valence-corrected chi connectivity index (χ1v) is 7.64. The van der Waals surface area contributed by atoms with Crippen LogP contribution in [0.2, 0.25) is 0 Å². The number of halogens is 4. The Morgan fingerprint density at radius 2 is 1.88 bits per heavy atom. The SMILES string of the molecule is Cc1cc(N2CCn3c(nnc3C(F)(F)F)C2)c2cc(F)ccc2n1. The Bertz CT molecular complexity index is 963. The molecule has 1 aliphatic rings. The minimum absolute atomic E-state index is 0.107. The number of pyridine rings is 1. The van der Waals surface area contributed by atoms with Crippen molar-refractivity contribution in [1.29, 1.82) is 0 Å². The molecule has 0 radical (unpaired) electrons. The summed E-state index contributed by atoms with van der Waals surface area (Å²) in [6.45, 7) is 2.43. The van der Waals surface area contributed by atoms with Crippen molar-refractivity contribution in [1.82, 2.24) is 19.7 Å². The van der Waals surface area contributed by atoms with Crippen molar-refractivity contribution in [2.24, 2.45) is 0 Å². The molecule has 1 aromatic carbocycles. The van der Waals surface area contributed by atoms with Gasteiger partial charge in [-0.25, -0.2) is 4.39 Å². The summed E-state index contributed by atoms with van der Waals surface area (Å²) in [5.74, 6) is -1.14. The highest BCUT2D eigenvalue weighted by atomic mass is 19.4. The van der Waals surface area contributed by atoms with Crippen LogP contribution in [0.25, 0.3) is 10.9 Å². The molecule has 1 aliphatic heterocycles. The van der Waals surface area contributed by atoms with Gasteiger partial charge >= 0.3 is 6.18 Å². The number of anilines is 1. The van der Waals surface area contributed by atoms with Crippen LogP contribution in [0.5, 0.6) is 0 Å². The van der Waals surface area contributed by atoms with E-state index in [2.05, 4.69) is 15.2 Å². The summed E-state index contributed by atoms with van der Waals surface area (Å²) in [6, 6.07) is 6.12. The van der Waals surface area contributed by atoms with E-state index in [1.165, 1.54) is 12.1 Å². The van der Waals surface area contributed by atoms with E-state index in [4.69, 9.17) is 0 Å². The molecule has 3 aromatic rings. The molecule has 5 nitrogen and oxygen atoms in total. The van der Waals surface area contributed by atoms with Crippen molar-refractivity contribution in [3.8, 4) is 0 Å². The molecule has 0 aliphatic carbocycles. The fourth-order valence-electron chi connectivity index (χ4n) is 3.14. The average molecular weight is 351 g/mol. The first-order chi connectivity index (χ1) is 11.8. The number of hydrogen-bond acceptors (Lipinski definition) is 4. The molecule has 0 atom stereocenters. The number of benzene rings is 1. The number of hydrogen-bond donors (Lipinski definition) is 0. The third-order valence-corrected chi connectivity index (χ3v) is 4.22. The van der Waals surface area contributed by atoms with Crippen LogP contribution in [-0.4, -0.2) is 26.3 Å². The summed E-state index contributed by atoms with van der Waals surface area (Å²) < 4.78 is 53.6. The van der Waals surface area contributed by atoms with Gasteiger partial charge in [0.05, 0.1) is 12.1 Å². The lowest BCUT2D eigenvalue weighted by Gasteiger charge is -2.30. The smallest absolute Gasteiger partial charge is 0.362 e. The molecular weight excluding hydrogens is 338 g/mol. The van der Waals surface area contributed by atoms with Gasteiger partial charge in [-0.2, -0.15) is 13.2 Å². The van der Waals surface area contributed by atoms with Gasteiger partial charge in [-0.3, -0.25) is 4.98 Å². The van der Waals surface area contributed by atoms with Crippen LogP contribution in [-0.2, 0) is 19.3 Å². The lowest BCUT2D eigenvalue weighted by molar-refractivity contribution is -0.147. The maximum Gasteiger partial charge on any atom is 0.451 e. The van der Waals surface area contributed by atoms with Crippen molar-refractivity contribution in [2.45, 2.75) is 26.2 Å². The van der Waals surface area contributed by atoms with Gasteiger partial charge in [-0.1, -0.05) is 0 Å². The summed E-state index contributed by atoms with van der Waals surface area (Å²) in [7, 11) is 0. The molecule has 4 rings (SSSR count). The number of nitrogens with zero attached hydrogens (tertiary/aromatic N) is 5. The number of aromatic nitrogens is 4. The highest BCUT2D eigenvalue weighted by Crippen LogP contribution is 2.33. The predicted molar refractivity (Wildman–Crippen MR) is 82.5 cm³/mol. The number of alkyl halides is 3. The lowest BCUT2D eigenvalue weighted by atomic mass is 10.1. The summed E-state index contributed by atoms with van der Waals surface area (Å²) in [5.41, 5.74) is 2.11. The van der Waals surface area contributed by atoms with E-state index in [0.29, 0.717) is 17.4 Å². The molecule has 0 spiro atoms. The first-order valence-electron chi connectivity index (χ1n) is 7.64. The first kappa shape index (κ1) is 15.8. The van der Waals surface area contributed by atoms with E-state index < -0.39 is 12.0 Å². The zero-order valence-electron chi connectivity index (χ0n) is 13.2. The topological polar surface area (TPSA) is 46.8 Å². The zero-order chi connectivity index (χ0) is 17.8. The zero-order valence-corrected chi connectivity index (χ0v) is 13.2. The highest BCUT2D eigenvalue weighted by molar-refractivity contribution is 5.92. The van der Waals surface area contributed by atoms with Crippen LogP contribution in [0, 0.1) is 12.7 Å². The maximum atomic E-state index is 13.7. The van der Waals surface area contributed by atoms with Gasteiger partial charge < -0.3 is 9.47 Å². The minimum atomic E-state index is -4.53. The molecule has 0 saturated carbocycles. The molecule has 0 bridgehead atoms. The number of aryl methyl sites for hydroxylation is 1. The molecule has 0 fully saturated rings. The van der Waals surface area contributed by atoms with Gasteiger partial charge in [0.1, 0.15) is 5.82 Å². The van der Waals surface area contributed by atoms with E-state index in [1.807, 2.05) is 11.8 Å². The molecular formula is C16H13F4N5. The van der Waals surface area contributed by atoms with Gasteiger partial charge in [0.2, 0.25) is 5.82 Å². The van der Waals surface area contributed by atoms with Crippen molar-refractivity contribution in [3.05, 3.63) is 47.4 Å². The second kappa shape index (κ2) is 5.40. The second-order valence-corrected chi connectivity index (χ2v) is 5.96. The molecule has 0 unspecified atom stereocenters. The largest absolute Gasteiger partial charge is 0.451 e. The van der Waals surface area contributed by atoms with E-state index in [0.717, 1.165) is 15.9 Å². The standard InChI is InChI=1S/C16H13F4N5/c1-9-6-13(11-7-10(17)2-3-12(11)21-9)24-4-5-25-14(8-24)22-23-15(25)16(18,19)20/h2-3,6-7H,4-5,8H2,1H3. The van der Waals surface area contributed by atoms with E-state index in [1.54, 1.807) is 12.1 Å². The monoisotopic (exact) mass is 351 g/mol. The van der Waals surface area contributed by atoms with Crippen LogP contribution < -0.4 is 4.90 Å². The second-order valence-electron chi connectivity index (χ2n) is 5.96. The van der Waals surface area contributed by atoms with Crippen molar-refractivity contribution >= 4 is 16.6 Å². The Labute approximate surface area is 139 Å². The van der Waals surface area contributed by atoms with Gasteiger partial charge in [-0.15, -0.1) is 10.2 Å². The fraction of sp³-hybridized carbons (Fsp3) is 0.312. The number of fused-ring (bicyclic) bond motifs is 2. The lowest BCUT2D eigenvalue weighted by Crippen LogP contribution is -2.35. The normalized spacial score (nSPS) is 14.8. The summed E-state index contributed by atoms with van der Waals surface area (Å²) in [4.78, 5) is 6.25. The van der Waals surface area contributed by atoms with Crippen LogP contribution in [0.4, 0.5) is 23.2 Å². The molecule has 25 heavy (non-hydrogen) atoms. The molecule has 2 aromatic heterocycles. The van der Waals surface area contributed by atoms with E-state index >= 15 is 0 Å². The fourth-order valence-corrected chi connectivity index (χ4v) is 3.14. The molecule has 0 saturated heterocycles. The van der Waals surface area contributed by atoms with Crippen molar-refractivity contribution < 1.29 is 17.6 Å². The Balaban J connectivity index is 1.77. The average Bonchev–Trinajstić information content (AvgIpc) is 2.97. The summed E-state index contributed by atoms with van der Waals surface area (Å²) >= 11 is 0. The van der Waals surface area contributed by atoms with Crippen molar-refractivity contribution in [2.75, 3.05) is 11.4 Å². The quantitative estimate of drug-likeness (QED) is 0.631. The predicted octanol–water partition coefficient (Wildman–Crippen LogP) is 3.31. The highest BCUT2D eigenvalue weighted by Gasteiger charge is 2.39. The Morgan fingerprint density at radius 3 is 2.64 bits per heavy atom. The third kappa shape index (κ3) is 2.69. The summed E-state index contributed by atoms with van der Waals surface area (Å²) in [5, 5.41) is 7.58. The van der Waals surface area contributed by atoms with Crippen LogP contribution in [0.1, 0.15) is 17.3 Å². The number of rotatable bonds is 1. The van der Waals surface area contributed by atoms with Crippen molar-refractivity contribution in [3.63, 3.8) is 0 Å². The van der Waals surface area contributed by atoms with Gasteiger partial charge in [0.15, 0.2) is 5.82 Å². The Morgan fingerprint density at radius 1 is 1.08 bits per heavy atom. The molecule has 9 heteroatoms. The van der Waals surface area contributed by atoms with Crippen LogP contribution in [0.3, 0.4) is 0 Å². The summed E-state index contributed by atoms with van der Waals surface area (Å²) in [6.07, 6.45) is -4.53. The van der Waals surface area contributed by atoms with Crippen LogP contribution >= 0.6 is 0 Å².